The number of carbonyl (C=O) groups excluding carboxylic acids is 1. The summed E-state index contributed by atoms with van der Waals surface area (Å²) >= 11 is 9.20. The second kappa shape index (κ2) is 4.44. The van der Waals surface area contributed by atoms with E-state index in [1.165, 1.54) is 0 Å². The average Bonchev–Trinajstić information content (AvgIpc) is 2.60. The zero-order valence-electron chi connectivity index (χ0n) is 8.28. The van der Waals surface area contributed by atoms with Gasteiger partial charge in [-0.3, -0.25) is 4.79 Å². The van der Waals surface area contributed by atoms with Gasteiger partial charge < -0.3 is 4.90 Å². The second-order valence-corrected chi connectivity index (χ2v) is 4.92. The van der Waals surface area contributed by atoms with Crippen LogP contribution in [0.1, 0.15) is 6.42 Å². The van der Waals surface area contributed by atoms with Crippen LogP contribution in [0.4, 0.5) is 5.69 Å². The van der Waals surface area contributed by atoms with Gasteiger partial charge in [-0.25, -0.2) is 0 Å². The van der Waals surface area contributed by atoms with Crippen LogP contribution in [0.15, 0.2) is 22.7 Å². The molecule has 1 unspecified atom stereocenters. The van der Waals surface area contributed by atoms with Crippen molar-refractivity contribution in [3.8, 4) is 6.07 Å². The van der Waals surface area contributed by atoms with Gasteiger partial charge in [0.25, 0.3) is 0 Å². The van der Waals surface area contributed by atoms with Gasteiger partial charge in [-0.05, 0) is 34.1 Å². The van der Waals surface area contributed by atoms with E-state index in [0.717, 1.165) is 10.2 Å². The molecule has 1 fully saturated rings. The average molecular weight is 300 g/mol. The molecule has 1 atom stereocenters. The number of nitriles is 1. The van der Waals surface area contributed by atoms with E-state index in [0.29, 0.717) is 18.0 Å². The minimum absolute atomic E-state index is 0.0189. The standard InChI is InChI=1S/C11H8BrClN2O/c12-9-4-8(13)1-2-10(9)15-6-7(5-14)3-11(15)16/h1-2,4,7H,3,6H2. The fourth-order valence-electron chi connectivity index (χ4n) is 1.73. The van der Waals surface area contributed by atoms with E-state index in [4.69, 9.17) is 16.9 Å². The Labute approximate surface area is 107 Å². The summed E-state index contributed by atoms with van der Waals surface area (Å²) in [4.78, 5) is 13.3. The Balaban J connectivity index is 2.32. The van der Waals surface area contributed by atoms with E-state index < -0.39 is 0 Å². The van der Waals surface area contributed by atoms with Crippen LogP contribution in [0.2, 0.25) is 5.02 Å². The SMILES string of the molecule is N#CC1CC(=O)N(c2ccc(Cl)cc2Br)C1. The lowest BCUT2D eigenvalue weighted by Crippen LogP contribution is -2.24. The Morgan fingerprint density at radius 3 is 2.88 bits per heavy atom. The van der Waals surface area contributed by atoms with Crippen LogP contribution in [-0.2, 0) is 4.79 Å². The topological polar surface area (TPSA) is 44.1 Å². The molecule has 1 aromatic carbocycles. The number of anilines is 1. The number of rotatable bonds is 1. The van der Waals surface area contributed by atoms with Gasteiger partial charge in [0.15, 0.2) is 0 Å². The third-order valence-electron chi connectivity index (χ3n) is 2.51. The summed E-state index contributed by atoms with van der Waals surface area (Å²) in [6.45, 7) is 0.454. The summed E-state index contributed by atoms with van der Waals surface area (Å²) in [6.07, 6.45) is 0.297. The van der Waals surface area contributed by atoms with Crippen LogP contribution in [-0.4, -0.2) is 12.5 Å². The third kappa shape index (κ3) is 2.06. The molecule has 0 radical (unpaired) electrons. The summed E-state index contributed by atoms with van der Waals surface area (Å²) in [7, 11) is 0. The number of hydrogen-bond donors (Lipinski definition) is 0. The molecule has 16 heavy (non-hydrogen) atoms. The normalized spacial score (nSPS) is 19.9. The molecule has 1 saturated heterocycles. The van der Waals surface area contributed by atoms with Crippen molar-refractivity contribution in [1.29, 1.82) is 5.26 Å². The zero-order chi connectivity index (χ0) is 11.7. The van der Waals surface area contributed by atoms with Gasteiger partial charge in [-0.15, -0.1) is 0 Å². The highest BCUT2D eigenvalue weighted by atomic mass is 79.9. The predicted octanol–water partition coefficient (Wildman–Crippen LogP) is 2.98. The molecule has 3 nitrogen and oxygen atoms in total. The highest BCUT2D eigenvalue weighted by molar-refractivity contribution is 9.10. The molecular weight excluding hydrogens is 291 g/mol. The molecule has 1 aliphatic heterocycles. The molecule has 0 N–H and O–H groups in total. The molecule has 0 bridgehead atoms. The summed E-state index contributed by atoms with van der Waals surface area (Å²) in [5.74, 6) is -0.232. The van der Waals surface area contributed by atoms with Gasteiger partial charge >= 0.3 is 0 Å². The Hall–Kier alpha value is -1.05. The number of hydrogen-bond acceptors (Lipinski definition) is 2. The Kier molecular flexibility index (Phi) is 3.17. The highest BCUT2D eigenvalue weighted by Gasteiger charge is 2.31. The first kappa shape index (κ1) is 11.4. The minimum atomic E-state index is -0.213. The van der Waals surface area contributed by atoms with E-state index >= 15 is 0 Å². The number of carbonyl (C=O) groups is 1. The fraction of sp³-hybridized carbons (Fsp3) is 0.273. The second-order valence-electron chi connectivity index (χ2n) is 3.63. The number of benzene rings is 1. The van der Waals surface area contributed by atoms with Gasteiger partial charge in [0, 0.05) is 22.5 Å². The van der Waals surface area contributed by atoms with Gasteiger partial charge in [0.2, 0.25) is 5.91 Å². The van der Waals surface area contributed by atoms with Crippen LogP contribution in [0.3, 0.4) is 0 Å². The molecular formula is C11H8BrClN2O. The maximum Gasteiger partial charge on any atom is 0.228 e. The first-order valence-corrected chi connectivity index (χ1v) is 5.94. The number of amides is 1. The van der Waals surface area contributed by atoms with E-state index in [1.54, 1.807) is 23.1 Å². The van der Waals surface area contributed by atoms with Gasteiger partial charge in [-0.2, -0.15) is 5.26 Å². The molecule has 0 aliphatic carbocycles. The number of halogens is 2. The van der Waals surface area contributed by atoms with Crippen molar-refractivity contribution in [2.75, 3.05) is 11.4 Å². The van der Waals surface area contributed by atoms with Crippen molar-refractivity contribution in [3.05, 3.63) is 27.7 Å². The first-order chi connectivity index (χ1) is 7.61. The molecule has 1 aliphatic rings. The molecule has 2 rings (SSSR count). The van der Waals surface area contributed by atoms with Crippen molar-refractivity contribution >= 4 is 39.1 Å². The number of nitrogens with zero attached hydrogens (tertiary/aromatic N) is 2. The Bertz CT molecular complexity index is 483. The van der Waals surface area contributed by atoms with E-state index in [-0.39, 0.29) is 11.8 Å². The Morgan fingerprint density at radius 2 is 2.31 bits per heavy atom. The fourth-order valence-corrected chi connectivity index (χ4v) is 2.62. The smallest absolute Gasteiger partial charge is 0.228 e. The molecule has 0 saturated carbocycles. The lowest BCUT2D eigenvalue weighted by Gasteiger charge is -2.17. The monoisotopic (exact) mass is 298 g/mol. The van der Waals surface area contributed by atoms with Crippen LogP contribution < -0.4 is 4.90 Å². The van der Waals surface area contributed by atoms with Crippen molar-refractivity contribution in [3.63, 3.8) is 0 Å². The van der Waals surface area contributed by atoms with Crippen LogP contribution >= 0.6 is 27.5 Å². The van der Waals surface area contributed by atoms with Crippen molar-refractivity contribution in [1.82, 2.24) is 0 Å². The molecule has 1 heterocycles. The lowest BCUT2D eigenvalue weighted by atomic mass is 10.1. The van der Waals surface area contributed by atoms with Crippen molar-refractivity contribution < 1.29 is 4.79 Å². The van der Waals surface area contributed by atoms with Crippen LogP contribution in [0, 0.1) is 17.2 Å². The van der Waals surface area contributed by atoms with Crippen LogP contribution in [0.25, 0.3) is 0 Å². The van der Waals surface area contributed by atoms with E-state index in [1.807, 2.05) is 0 Å². The molecule has 0 aromatic heterocycles. The van der Waals surface area contributed by atoms with Crippen molar-refractivity contribution in [2.24, 2.45) is 5.92 Å². The van der Waals surface area contributed by atoms with Gasteiger partial charge in [-0.1, -0.05) is 11.6 Å². The maximum absolute atomic E-state index is 11.7. The molecule has 1 aromatic rings. The van der Waals surface area contributed by atoms with Gasteiger partial charge in [0.05, 0.1) is 17.7 Å². The lowest BCUT2D eigenvalue weighted by molar-refractivity contribution is -0.117. The first-order valence-electron chi connectivity index (χ1n) is 4.77. The third-order valence-corrected chi connectivity index (χ3v) is 3.38. The predicted molar refractivity (Wildman–Crippen MR) is 65.2 cm³/mol. The summed E-state index contributed by atoms with van der Waals surface area (Å²) < 4.78 is 0.770. The summed E-state index contributed by atoms with van der Waals surface area (Å²) in [6, 6.07) is 7.37. The highest BCUT2D eigenvalue weighted by Crippen LogP contribution is 2.33. The Morgan fingerprint density at radius 1 is 1.56 bits per heavy atom. The summed E-state index contributed by atoms with van der Waals surface area (Å²) in [5.41, 5.74) is 0.771. The zero-order valence-corrected chi connectivity index (χ0v) is 10.6. The molecule has 5 heteroatoms. The van der Waals surface area contributed by atoms with Crippen LogP contribution in [0.5, 0.6) is 0 Å². The van der Waals surface area contributed by atoms with E-state index in [9.17, 15) is 4.79 Å². The molecule has 1 amide bonds. The summed E-state index contributed by atoms with van der Waals surface area (Å²) in [5, 5.41) is 9.41. The quantitative estimate of drug-likeness (QED) is 0.800. The van der Waals surface area contributed by atoms with Gasteiger partial charge in [0.1, 0.15) is 0 Å². The van der Waals surface area contributed by atoms with E-state index in [2.05, 4.69) is 22.0 Å². The largest absolute Gasteiger partial charge is 0.310 e. The minimum Gasteiger partial charge on any atom is -0.310 e. The molecule has 82 valence electrons. The molecule has 0 spiro atoms. The van der Waals surface area contributed by atoms with Crippen molar-refractivity contribution in [2.45, 2.75) is 6.42 Å². The maximum atomic E-state index is 11.7.